The maximum atomic E-state index is 13.2. The summed E-state index contributed by atoms with van der Waals surface area (Å²) in [7, 11) is 3.31. The smallest absolute Gasteiger partial charge is 0.330 e. The van der Waals surface area contributed by atoms with Crippen LogP contribution in [0.2, 0.25) is 0 Å². The molecule has 32 heavy (non-hydrogen) atoms. The van der Waals surface area contributed by atoms with E-state index in [1.54, 1.807) is 14.1 Å². The quantitative estimate of drug-likeness (QED) is 0.294. The Kier molecular flexibility index (Phi) is 6.89. The molecule has 4 rings (SSSR count). The Hall–Kier alpha value is -2.34. The van der Waals surface area contributed by atoms with Gasteiger partial charge in [0.2, 0.25) is 0 Å². The van der Waals surface area contributed by atoms with Gasteiger partial charge in [0.05, 0.1) is 19.0 Å². The molecule has 0 bridgehead atoms. The standard InChI is InChI=1S/C21H24FN5O3S2/c1-24-18-17(19(31)25(2)21(24)29)27(8-7-26-9-11-30-12-10-26)20(23-18)32-13-16(28)14-3-5-15(22)6-4-14/h3-6H,7-13H2,1-2H3. The number of carbonyl (C=O) groups excluding carboxylic acids is 1. The fourth-order valence-corrected chi connectivity index (χ4v) is 4.86. The number of halogens is 1. The van der Waals surface area contributed by atoms with Crippen molar-refractivity contribution in [1.29, 1.82) is 0 Å². The lowest BCUT2D eigenvalue weighted by atomic mass is 10.1. The number of thioether (sulfide) groups is 1. The number of benzene rings is 1. The van der Waals surface area contributed by atoms with Crippen molar-refractivity contribution in [2.24, 2.45) is 14.1 Å². The minimum absolute atomic E-state index is 0.125. The molecule has 170 valence electrons. The molecule has 0 atom stereocenters. The van der Waals surface area contributed by atoms with E-state index < -0.39 is 0 Å². The first-order chi connectivity index (χ1) is 15.4. The van der Waals surface area contributed by atoms with Crippen molar-refractivity contribution in [2.45, 2.75) is 11.7 Å². The molecule has 0 unspecified atom stereocenters. The first-order valence-electron chi connectivity index (χ1n) is 10.2. The van der Waals surface area contributed by atoms with Gasteiger partial charge in [0.1, 0.15) is 16.0 Å². The first kappa shape index (κ1) is 22.8. The van der Waals surface area contributed by atoms with Crippen LogP contribution < -0.4 is 5.69 Å². The molecule has 2 aromatic heterocycles. The Labute approximate surface area is 193 Å². The molecule has 0 N–H and O–H groups in total. The predicted octanol–water partition coefficient (Wildman–Crippen LogP) is 2.25. The third-order valence-electron chi connectivity index (χ3n) is 5.56. The van der Waals surface area contributed by atoms with Crippen molar-refractivity contribution < 1.29 is 13.9 Å². The fourth-order valence-electron chi connectivity index (χ4n) is 3.66. The maximum Gasteiger partial charge on any atom is 0.330 e. The summed E-state index contributed by atoms with van der Waals surface area (Å²) in [6, 6.07) is 5.50. The number of morpholine rings is 1. The van der Waals surface area contributed by atoms with Crippen LogP contribution in [0.5, 0.6) is 0 Å². The Morgan fingerprint density at radius 3 is 2.53 bits per heavy atom. The zero-order chi connectivity index (χ0) is 22.8. The number of Topliss-reactive ketones (excluding diaryl/α,β-unsaturated/α-hetero) is 1. The fraction of sp³-hybridized carbons (Fsp3) is 0.429. The SMILES string of the molecule is Cn1c(=S)c2c(nc(SCC(=O)c3ccc(F)cc3)n2CCN2CCOCC2)n(C)c1=O. The van der Waals surface area contributed by atoms with Gasteiger partial charge in [-0.1, -0.05) is 24.0 Å². The molecule has 1 aromatic carbocycles. The van der Waals surface area contributed by atoms with Gasteiger partial charge in [-0.05, 0) is 24.3 Å². The summed E-state index contributed by atoms with van der Waals surface area (Å²) in [5, 5.41) is 0.621. The molecule has 0 spiro atoms. The lowest BCUT2D eigenvalue weighted by molar-refractivity contribution is 0.0362. The van der Waals surface area contributed by atoms with Crippen molar-refractivity contribution >= 4 is 40.9 Å². The normalized spacial score (nSPS) is 14.8. The lowest BCUT2D eigenvalue weighted by Gasteiger charge is -2.26. The predicted molar refractivity (Wildman–Crippen MR) is 123 cm³/mol. The van der Waals surface area contributed by atoms with Gasteiger partial charge in [-0.3, -0.25) is 18.8 Å². The Bertz CT molecular complexity index is 1260. The average molecular weight is 478 g/mol. The number of fused-ring (bicyclic) bond motifs is 1. The van der Waals surface area contributed by atoms with E-state index in [2.05, 4.69) is 9.88 Å². The molecular weight excluding hydrogens is 453 g/mol. The van der Waals surface area contributed by atoms with Crippen molar-refractivity contribution in [1.82, 2.24) is 23.6 Å². The summed E-state index contributed by atoms with van der Waals surface area (Å²) in [6.07, 6.45) is 0. The minimum atomic E-state index is -0.383. The highest BCUT2D eigenvalue weighted by atomic mass is 32.2. The minimum Gasteiger partial charge on any atom is -0.379 e. The Morgan fingerprint density at radius 2 is 1.84 bits per heavy atom. The number of hydrogen-bond donors (Lipinski definition) is 0. The van der Waals surface area contributed by atoms with E-state index in [1.807, 2.05) is 4.57 Å². The van der Waals surface area contributed by atoms with Crippen LogP contribution in [0.25, 0.3) is 11.2 Å². The molecule has 1 fully saturated rings. The number of nitrogens with zero attached hydrogens (tertiary/aromatic N) is 5. The second kappa shape index (κ2) is 9.65. The van der Waals surface area contributed by atoms with E-state index in [4.69, 9.17) is 17.0 Å². The molecule has 0 amide bonds. The van der Waals surface area contributed by atoms with Gasteiger partial charge in [-0.15, -0.1) is 0 Å². The van der Waals surface area contributed by atoms with Crippen LogP contribution >= 0.6 is 24.0 Å². The highest BCUT2D eigenvalue weighted by Gasteiger charge is 2.20. The number of ketones is 1. The van der Waals surface area contributed by atoms with Crippen molar-refractivity contribution in [2.75, 3.05) is 38.6 Å². The van der Waals surface area contributed by atoms with Crippen LogP contribution in [-0.2, 0) is 25.4 Å². The van der Waals surface area contributed by atoms with Crippen LogP contribution in [0.1, 0.15) is 10.4 Å². The second-order valence-corrected chi connectivity index (χ2v) is 8.93. The molecule has 1 saturated heterocycles. The van der Waals surface area contributed by atoms with E-state index in [9.17, 15) is 14.0 Å². The summed E-state index contributed by atoms with van der Waals surface area (Å²) >= 11 is 6.87. The number of carbonyl (C=O) groups is 1. The topological polar surface area (TPSA) is 74.3 Å². The van der Waals surface area contributed by atoms with E-state index in [0.29, 0.717) is 46.3 Å². The van der Waals surface area contributed by atoms with E-state index >= 15 is 0 Å². The summed E-state index contributed by atoms with van der Waals surface area (Å²) < 4.78 is 23.9. The lowest BCUT2D eigenvalue weighted by Crippen LogP contribution is -2.38. The van der Waals surface area contributed by atoms with Gasteiger partial charge in [-0.2, -0.15) is 0 Å². The summed E-state index contributed by atoms with van der Waals surface area (Å²) in [5.41, 5.74) is 1.39. The molecule has 0 aliphatic carbocycles. The Morgan fingerprint density at radius 1 is 1.16 bits per heavy atom. The molecule has 0 saturated carbocycles. The number of ether oxygens (including phenoxy) is 1. The summed E-state index contributed by atoms with van der Waals surface area (Å²) in [6.45, 7) is 4.50. The van der Waals surface area contributed by atoms with Crippen LogP contribution in [-0.4, -0.2) is 68.0 Å². The van der Waals surface area contributed by atoms with Crippen molar-refractivity contribution in [3.8, 4) is 0 Å². The molecule has 3 aromatic rings. The second-order valence-electron chi connectivity index (χ2n) is 7.60. The Balaban J connectivity index is 1.66. The van der Waals surface area contributed by atoms with E-state index in [1.165, 1.54) is 45.2 Å². The monoisotopic (exact) mass is 477 g/mol. The largest absolute Gasteiger partial charge is 0.379 e. The van der Waals surface area contributed by atoms with Gasteiger partial charge in [0.25, 0.3) is 0 Å². The third kappa shape index (κ3) is 4.56. The number of hydrogen-bond acceptors (Lipinski definition) is 7. The van der Waals surface area contributed by atoms with Crippen LogP contribution in [0.3, 0.4) is 0 Å². The third-order valence-corrected chi connectivity index (χ3v) is 7.00. The molecule has 8 nitrogen and oxygen atoms in total. The molecule has 11 heteroatoms. The molecular formula is C21H24FN5O3S2. The van der Waals surface area contributed by atoms with Crippen LogP contribution in [0.4, 0.5) is 4.39 Å². The zero-order valence-corrected chi connectivity index (χ0v) is 19.5. The van der Waals surface area contributed by atoms with Gasteiger partial charge in [-0.25, -0.2) is 14.2 Å². The first-order valence-corrected chi connectivity index (χ1v) is 11.6. The zero-order valence-electron chi connectivity index (χ0n) is 17.9. The van der Waals surface area contributed by atoms with E-state index in [0.717, 1.165) is 19.6 Å². The number of aromatic nitrogens is 4. The maximum absolute atomic E-state index is 13.2. The molecule has 0 radical (unpaired) electrons. The highest BCUT2D eigenvalue weighted by molar-refractivity contribution is 7.99. The summed E-state index contributed by atoms with van der Waals surface area (Å²) in [5.74, 6) is -0.370. The van der Waals surface area contributed by atoms with Gasteiger partial charge in [0.15, 0.2) is 16.6 Å². The van der Waals surface area contributed by atoms with Gasteiger partial charge < -0.3 is 9.30 Å². The van der Waals surface area contributed by atoms with Crippen LogP contribution in [0, 0.1) is 10.5 Å². The molecule has 1 aliphatic rings. The highest BCUT2D eigenvalue weighted by Crippen LogP contribution is 2.25. The average Bonchev–Trinajstić information content (AvgIpc) is 3.18. The van der Waals surface area contributed by atoms with E-state index in [-0.39, 0.29) is 23.0 Å². The number of aryl methyl sites for hydroxylation is 1. The van der Waals surface area contributed by atoms with Crippen molar-refractivity contribution in [3.63, 3.8) is 0 Å². The summed E-state index contributed by atoms with van der Waals surface area (Å²) in [4.78, 5) is 32.1. The molecule has 1 aliphatic heterocycles. The number of rotatable bonds is 7. The number of imidazole rings is 1. The van der Waals surface area contributed by atoms with Crippen LogP contribution in [0.15, 0.2) is 34.2 Å². The van der Waals surface area contributed by atoms with Crippen molar-refractivity contribution in [3.05, 3.63) is 50.8 Å². The molecule has 3 heterocycles. The van der Waals surface area contributed by atoms with Gasteiger partial charge >= 0.3 is 5.69 Å². The van der Waals surface area contributed by atoms with Gasteiger partial charge in [0, 0.05) is 45.8 Å².